The molecule has 0 bridgehead atoms. The Kier molecular flexibility index (Phi) is 5.48. The number of anilines is 1. The van der Waals surface area contributed by atoms with E-state index in [0.29, 0.717) is 27.3 Å². The summed E-state index contributed by atoms with van der Waals surface area (Å²) in [5.74, 6) is 0.757. The third kappa shape index (κ3) is 4.09. The normalized spacial score (nSPS) is 15.7. The molecule has 1 N–H and O–H groups in total. The molecule has 3 aromatic rings. The Morgan fingerprint density at radius 1 is 1.14 bits per heavy atom. The molecule has 2 aromatic carbocycles. The van der Waals surface area contributed by atoms with Gasteiger partial charge in [0.1, 0.15) is 5.82 Å². The number of rotatable bonds is 4. The lowest BCUT2D eigenvalue weighted by molar-refractivity contribution is -0.116. The first-order valence-corrected chi connectivity index (χ1v) is 10.6. The number of carbonyl (C=O) groups is 1. The standard InChI is InChI=1S/C22H20ClN3O2S/c1-13-3-5-14(6-4-13)12-29-22-25-21(28)19-17(15-7-9-16(23)10-8-15)11-18(27)24-20(19)26(22)2/h3-10,17H,11-12H2,1-2H3,(H,24,27). The molecule has 0 saturated carbocycles. The number of amides is 1. The first kappa shape index (κ1) is 19.7. The zero-order valence-corrected chi connectivity index (χ0v) is 17.7. The molecule has 0 spiro atoms. The van der Waals surface area contributed by atoms with Crippen LogP contribution >= 0.6 is 23.4 Å². The number of carbonyl (C=O) groups excluding carboxylic acids is 1. The van der Waals surface area contributed by atoms with Crippen LogP contribution in [0.15, 0.2) is 58.5 Å². The number of hydrogen-bond acceptors (Lipinski definition) is 4. The third-order valence-corrected chi connectivity index (χ3v) is 6.41. The molecule has 1 amide bonds. The molecule has 0 radical (unpaired) electrons. The lowest BCUT2D eigenvalue weighted by Crippen LogP contribution is -2.33. The fraction of sp³-hybridized carbons (Fsp3) is 0.227. The summed E-state index contributed by atoms with van der Waals surface area (Å²) in [6, 6.07) is 15.5. The van der Waals surface area contributed by atoms with Gasteiger partial charge in [-0.15, -0.1) is 0 Å². The van der Waals surface area contributed by atoms with Gasteiger partial charge >= 0.3 is 0 Å². The first-order chi connectivity index (χ1) is 13.9. The van der Waals surface area contributed by atoms with E-state index in [0.717, 1.165) is 11.1 Å². The van der Waals surface area contributed by atoms with Gasteiger partial charge in [0, 0.05) is 30.2 Å². The number of nitrogens with one attached hydrogen (secondary N) is 1. The molecule has 5 nitrogen and oxygen atoms in total. The van der Waals surface area contributed by atoms with Crippen molar-refractivity contribution in [1.29, 1.82) is 0 Å². The van der Waals surface area contributed by atoms with E-state index in [9.17, 15) is 9.59 Å². The van der Waals surface area contributed by atoms with E-state index in [-0.39, 0.29) is 23.8 Å². The lowest BCUT2D eigenvalue weighted by Gasteiger charge is -2.27. The van der Waals surface area contributed by atoms with E-state index < -0.39 is 0 Å². The topological polar surface area (TPSA) is 64.0 Å². The fourth-order valence-electron chi connectivity index (χ4n) is 3.48. The van der Waals surface area contributed by atoms with Crippen molar-refractivity contribution in [1.82, 2.24) is 9.55 Å². The average molecular weight is 426 g/mol. The third-order valence-electron chi connectivity index (χ3n) is 5.06. The van der Waals surface area contributed by atoms with E-state index >= 15 is 0 Å². The Balaban J connectivity index is 1.70. The van der Waals surface area contributed by atoms with Gasteiger partial charge in [0.15, 0.2) is 5.16 Å². The van der Waals surface area contributed by atoms with Gasteiger partial charge < -0.3 is 9.88 Å². The molecule has 148 valence electrons. The van der Waals surface area contributed by atoms with Crippen molar-refractivity contribution in [2.24, 2.45) is 7.05 Å². The van der Waals surface area contributed by atoms with Gasteiger partial charge in [-0.05, 0) is 30.2 Å². The van der Waals surface area contributed by atoms with Crippen LogP contribution in [0.5, 0.6) is 0 Å². The molecule has 1 aromatic heterocycles. The van der Waals surface area contributed by atoms with Gasteiger partial charge in [0.2, 0.25) is 5.91 Å². The van der Waals surface area contributed by atoms with Gasteiger partial charge in [0.25, 0.3) is 5.56 Å². The van der Waals surface area contributed by atoms with E-state index in [4.69, 9.17) is 11.6 Å². The largest absolute Gasteiger partial charge is 0.312 e. The quantitative estimate of drug-likeness (QED) is 0.493. The second kappa shape index (κ2) is 8.05. The maximum Gasteiger partial charge on any atom is 0.279 e. The summed E-state index contributed by atoms with van der Waals surface area (Å²) < 4.78 is 1.80. The summed E-state index contributed by atoms with van der Waals surface area (Å²) in [6.07, 6.45) is 0.210. The minimum absolute atomic E-state index is 0.117. The van der Waals surface area contributed by atoms with Crippen LogP contribution in [0.1, 0.15) is 34.6 Å². The fourth-order valence-corrected chi connectivity index (χ4v) is 4.52. The molecule has 1 atom stereocenters. The number of nitrogens with zero attached hydrogens (tertiary/aromatic N) is 2. The average Bonchev–Trinajstić information content (AvgIpc) is 2.70. The van der Waals surface area contributed by atoms with Crippen molar-refractivity contribution in [2.45, 2.75) is 30.2 Å². The molecule has 1 aliphatic heterocycles. The van der Waals surface area contributed by atoms with Crippen LogP contribution < -0.4 is 10.9 Å². The van der Waals surface area contributed by atoms with Crippen LogP contribution in [0.2, 0.25) is 5.02 Å². The second-order valence-electron chi connectivity index (χ2n) is 7.15. The van der Waals surface area contributed by atoms with E-state index in [2.05, 4.69) is 34.6 Å². The molecule has 2 heterocycles. The molecule has 1 aliphatic rings. The van der Waals surface area contributed by atoms with E-state index in [1.165, 1.54) is 17.3 Å². The highest BCUT2D eigenvalue weighted by Crippen LogP contribution is 2.36. The molecular formula is C22H20ClN3O2S. The molecule has 0 fully saturated rings. The van der Waals surface area contributed by atoms with Crippen molar-refractivity contribution in [3.63, 3.8) is 0 Å². The highest BCUT2D eigenvalue weighted by molar-refractivity contribution is 7.98. The van der Waals surface area contributed by atoms with E-state index in [1.54, 1.807) is 16.7 Å². The number of halogens is 1. The van der Waals surface area contributed by atoms with Crippen molar-refractivity contribution < 1.29 is 4.79 Å². The zero-order chi connectivity index (χ0) is 20.5. The molecule has 7 heteroatoms. The molecule has 1 unspecified atom stereocenters. The Labute approximate surface area is 178 Å². The predicted octanol–water partition coefficient (Wildman–Crippen LogP) is 4.51. The summed E-state index contributed by atoms with van der Waals surface area (Å²) in [7, 11) is 1.83. The van der Waals surface area contributed by atoms with Gasteiger partial charge in [0.05, 0.1) is 5.56 Å². The van der Waals surface area contributed by atoms with Crippen molar-refractivity contribution in [3.8, 4) is 0 Å². The summed E-state index contributed by atoms with van der Waals surface area (Å²) in [5.41, 5.74) is 3.45. The molecule has 4 rings (SSSR count). The smallest absolute Gasteiger partial charge is 0.279 e. The maximum absolute atomic E-state index is 12.9. The minimum atomic E-state index is -0.335. The summed E-state index contributed by atoms with van der Waals surface area (Å²) in [6.45, 7) is 2.05. The summed E-state index contributed by atoms with van der Waals surface area (Å²) in [4.78, 5) is 29.6. The molecular weight excluding hydrogens is 406 g/mol. The highest BCUT2D eigenvalue weighted by Gasteiger charge is 2.32. The van der Waals surface area contributed by atoms with Crippen LogP contribution in [-0.2, 0) is 17.6 Å². The monoisotopic (exact) mass is 425 g/mol. The summed E-state index contributed by atoms with van der Waals surface area (Å²) in [5, 5.41) is 4.06. The number of hydrogen-bond donors (Lipinski definition) is 1. The SMILES string of the molecule is Cc1ccc(CSc2nc(=O)c3c(n2C)NC(=O)CC3c2ccc(Cl)cc2)cc1. The Bertz CT molecular complexity index is 1120. The Morgan fingerprint density at radius 3 is 2.52 bits per heavy atom. The number of aromatic nitrogens is 2. The van der Waals surface area contributed by atoms with E-state index in [1.807, 2.05) is 26.1 Å². The van der Waals surface area contributed by atoms with Gasteiger partial charge in [-0.1, -0.05) is 65.3 Å². The number of fused-ring (bicyclic) bond motifs is 1. The van der Waals surface area contributed by atoms with Crippen molar-refractivity contribution >= 4 is 35.1 Å². The van der Waals surface area contributed by atoms with Crippen LogP contribution in [0, 0.1) is 6.92 Å². The first-order valence-electron chi connectivity index (χ1n) is 9.27. The van der Waals surface area contributed by atoms with Crippen LogP contribution in [0.3, 0.4) is 0 Å². The van der Waals surface area contributed by atoms with Crippen molar-refractivity contribution in [2.75, 3.05) is 5.32 Å². The Morgan fingerprint density at radius 2 is 1.83 bits per heavy atom. The number of benzene rings is 2. The molecule has 29 heavy (non-hydrogen) atoms. The van der Waals surface area contributed by atoms with Crippen LogP contribution in [-0.4, -0.2) is 15.5 Å². The van der Waals surface area contributed by atoms with Gasteiger partial charge in [-0.2, -0.15) is 4.98 Å². The minimum Gasteiger partial charge on any atom is -0.312 e. The van der Waals surface area contributed by atoms with Crippen LogP contribution in [0.4, 0.5) is 5.82 Å². The maximum atomic E-state index is 12.9. The van der Waals surface area contributed by atoms with Crippen LogP contribution in [0.25, 0.3) is 0 Å². The second-order valence-corrected chi connectivity index (χ2v) is 8.53. The van der Waals surface area contributed by atoms with Gasteiger partial charge in [-0.3, -0.25) is 9.59 Å². The highest BCUT2D eigenvalue weighted by atomic mass is 35.5. The summed E-state index contributed by atoms with van der Waals surface area (Å²) >= 11 is 7.47. The number of thioether (sulfide) groups is 1. The molecule has 0 aliphatic carbocycles. The molecule has 0 saturated heterocycles. The predicted molar refractivity (Wildman–Crippen MR) is 117 cm³/mol. The Hall–Kier alpha value is -2.57. The lowest BCUT2D eigenvalue weighted by atomic mass is 9.87. The zero-order valence-electron chi connectivity index (χ0n) is 16.1. The van der Waals surface area contributed by atoms with Crippen molar-refractivity contribution in [3.05, 3.63) is 86.2 Å². The number of aryl methyl sites for hydroxylation is 1. The van der Waals surface area contributed by atoms with Gasteiger partial charge in [-0.25, -0.2) is 0 Å².